The van der Waals surface area contributed by atoms with Gasteiger partial charge in [0.1, 0.15) is 5.76 Å². The minimum absolute atomic E-state index is 0.00762. The zero-order valence-electron chi connectivity index (χ0n) is 19.8. The smallest absolute Gasteiger partial charge is 0.352 e. The predicted octanol–water partition coefficient (Wildman–Crippen LogP) is 2.97. The number of aliphatic hydroxyl groups is 2. The molecule has 4 aliphatic rings. The molecule has 8 nitrogen and oxygen atoms in total. The fraction of sp³-hybridized carbons (Fsp3) is 0.429. The van der Waals surface area contributed by atoms with Crippen LogP contribution in [0, 0.1) is 5.92 Å². The Labute approximate surface area is 208 Å². The molecule has 3 aliphatic carbocycles. The van der Waals surface area contributed by atoms with Gasteiger partial charge in [-0.2, -0.15) is 0 Å². The second-order valence-electron chi connectivity index (χ2n) is 10.3. The molecule has 1 spiro atoms. The number of carbonyl (C=O) groups excluding carboxylic acids is 2. The highest BCUT2D eigenvalue weighted by Crippen LogP contribution is 2.67. The van der Waals surface area contributed by atoms with Gasteiger partial charge in [0.15, 0.2) is 29.8 Å². The summed E-state index contributed by atoms with van der Waals surface area (Å²) in [6.07, 6.45) is 1.48. The lowest BCUT2D eigenvalue weighted by Crippen LogP contribution is -2.67. The zero-order valence-corrected chi connectivity index (χ0v) is 19.8. The van der Waals surface area contributed by atoms with E-state index in [4.69, 9.17) is 14.2 Å². The summed E-state index contributed by atoms with van der Waals surface area (Å²) in [6.45, 7) is 1.38. The molecule has 0 radical (unpaired) electrons. The first kappa shape index (κ1) is 23.1. The van der Waals surface area contributed by atoms with Crippen molar-refractivity contribution in [2.75, 3.05) is 0 Å². The van der Waals surface area contributed by atoms with E-state index in [-0.39, 0.29) is 23.8 Å². The highest BCUT2D eigenvalue weighted by atomic mass is 16.6. The predicted molar refractivity (Wildman–Crippen MR) is 126 cm³/mol. The number of benzene rings is 2. The monoisotopic (exact) mass is 492 g/mol. The van der Waals surface area contributed by atoms with Gasteiger partial charge in [-0.15, -0.1) is 0 Å². The summed E-state index contributed by atoms with van der Waals surface area (Å²) in [4.78, 5) is 25.4. The molecule has 36 heavy (non-hydrogen) atoms. The van der Waals surface area contributed by atoms with Gasteiger partial charge in [0.25, 0.3) is 0 Å². The van der Waals surface area contributed by atoms with E-state index < -0.39 is 41.3 Å². The minimum Gasteiger partial charge on any atom is -0.504 e. The van der Waals surface area contributed by atoms with Crippen LogP contribution >= 0.6 is 0 Å². The molecule has 0 unspecified atom stereocenters. The number of esters is 2. The summed E-state index contributed by atoms with van der Waals surface area (Å²) in [5.41, 5.74) is 0.317. The number of aliphatic hydroxyl groups excluding tert-OH is 1. The van der Waals surface area contributed by atoms with Crippen molar-refractivity contribution in [1.29, 1.82) is 0 Å². The van der Waals surface area contributed by atoms with Gasteiger partial charge in [-0.1, -0.05) is 42.8 Å². The van der Waals surface area contributed by atoms with Crippen LogP contribution < -0.4 is 4.74 Å². The normalized spacial score (nSPS) is 30.8. The van der Waals surface area contributed by atoms with Gasteiger partial charge in [0.2, 0.25) is 0 Å². The molecule has 0 amide bonds. The molecule has 1 saturated carbocycles. The van der Waals surface area contributed by atoms with Crippen molar-refractivity contribution < 1.29 is 39.1 Å². The van der Waals surface area contributed by atoms with Crippen LogP contribution in [0.3, 0.4) is 0 Å². The lowest BCUT2D eigenvalue weighted by atomic mass is 9.47. The number of ether oxygens (including phenoxy) is 3. The third-order valence-electron chi connectivity index (χ3n) is 8.45. The van der Waals surface area contributed by atoms with Gasteiger partial charge in [0.05, 0.1) is 11.0 Å². The molecule has 2 aromatic carbocycles. The third-order valence-corrected chi connectivity index (χ3v) is 8.45. The van der Waals surface area contributed by atoms with Crippen molar-refractivity contribution >= 4 is 11.9 Å². The molecule has 1 heterocycles. The van der Waals surface area contributed by atoms with Crippen LogP contribution in [0.15, 0.2) is 54.3 Å². The van der Waals surface area contributed by atoms with Gasteiger partial charge in [-0.25, -0.2) is 9.59 Å². The second kappa shape index (κ2) is 8.08. The van der Waals surface area contributed by atoms with E-state index in [1.54, 1.807) is 42.5 Å². The molecular formula is C28H28O8. The number of phenols is 1. The van der Waals surface area contributed by atoms with Crippen LogP contribution in [-0.4, -0.2) is 45.1 Å². The molecule has 1 aliphatic heterocycles. The van der Waals surface area contributed by atoms with Gasteiger partial charge >= 0.3 is 11.9 Å². The van der Waals surface area contributed by atoms with Gasteiger partial charge in [-0.3, -0.25) is 0 Å². The first-order valence-electron chi connectivity index (χ1n) is 12.4. The Balaban J connectivity index is 1.25. The van der Waals surface area contributed by atoms with Crippen LogP contribution in [-0.2, 0) is 30.9 Å². The van der Waals surface area contributed by atoms with E-state index in [9.17, 15) is 24.9 Å². The summed E-state index contributed by atoms with van der Waals surface area (Å²) in [5.74, 6) is -1.17. The summed E-state index contributed by atoms with van der Waals surface area (Å²) in [6, 6.07) is 11.8. The number of hydrogen-bond donors (Lipinski definition) is 3. The average molecular weight is 493 g/mol. The number of rotatable bonds is 5. The van der Waals surface area contributed by atoms with Crippen molar-refractivity contribution in [2.24, 2.45) is 5.92 Å². The Morgan fingerprint density at radius 3 is 2.69 bits per heavy atom. The highest BCUT2D eigenvalue weighted by Gasteiger charge is 2.70. The number of hydrogen-bond acceptors (Lipinski definition) is 8. The molecule has 2 aromatic rings. The van der Waals surface area contributed by atoms with Crippen molar-refractivity contribution in [3.8, 4) is 11.5 Å². The van der Waals surface area contributed by atoms with E-state index in [2.05, 4.69) is 0 Å². The van der Waals surface area contributed by atoms with Gasteiger partial charge < -0.3 is 29.5 Å². The van der Waals surface area contributed by atoms with Crippen LogP contribution in [0.5, 0.6) is 11.5 Å². The number of carbonyl (C=O) groups is 2. The summed E-state index contributed by atoms with van der Waals surface area (Å²) >= 11 is 0. The Bertz CT molecular complexity index is 1270. The first-order chi connectivity index (χ1) is 17.3. The standard InChI is InChI=1S/C28H28O8/c1-15(34-26(32)22(30)16-6-3-2-4-7-16)25(31)35-20-11-13-28(33)18-8-5-12-27(28)21-17(14-18)9-10-19(29)23(21)36-24(20)27/h2-4,6-7,9-11,15,18,22,24,29-30,33H,5,8,12-14H2,1H3/t15-,18+,22-,24-,27-,28+/m0/s1. The van der Waals surface area contributed by atoms with Crippen LogP contribution in [0.4, 0.5) is 0 Å². The van der Waals surface area contributed by atoms with Crippen LogP contribution in [0.25, 0.3) is 0 Å². The molecule has 3 N–H and O–H groups in total. The first-order valence-corrected chi connectivity index (χ1v) is 12.4. The van der Waals surface area contributed by atoms with E-state index in [0.717, 1.165) is 24.0 Å². The number of phenolic OH excluding ortho intramolecular Hbond substituents is 1. The molecule has 6 atom stereocenters. The Hall–Kier alpha value is -3.36. The molecular weight excluding hydrogens is 464 g/mol. The molecule has 2 bridgehead atoms. The number of aromatic hydroxyl groups is 1. The van der Waals surface area contributed by atoms with Gasteiger partial charge in [-0.05, 0) is 61.8 Å². The second-order valence-corrected chi connectivity index (χ2v) is 10.3. The molecule has 8 heteroatoms. The Kier molecular flexibility index (Phi) is 5.18. The van der Waals surface area contributed by atoms with E-state index in [1.807, 2.05) is 6.07 Å². The van der Waals surface area contributed by atoms with Crippen molar-refractivity contribution in [3.63, 3.8) is 0 Å². The van der Waals surface area contributed by atoms with Crippen molar-refractivity contribution in [1.82, 2.24) is 0 Å². The van der Waals surface area contributed by atoms with Crippen molar-refractivity contribution in [2.45, 2.75) is 68.4 Å². The summed E-state index contributed by atoms with van der Waals surface area (Å²) < 4.78 is 17.1. The quantitative estimate of drug-likeness (QED) is 0.545. The summed E-state index contributed by atoms with van der Waals surface area (Å²) in [7, 11) is 0. The molecule has 0 aromatic heterocycles. The lowest BCUT2D eigenvalue weighted by molar-refractivity contribution is -0.175. The fourth-order valence-corrected chi connectivity index (χ4v) is 6.79. The third kappa shape index (κ3) is 3.07. The average Bonchev–Trinajstić information content (AvgIpc) is 3.22. The highest BCUT2D eigenvalue weighted by molar-refractivity contribution is 5.82. The molecule has 188 valence electrons. The SMILES string of the molecule is C[C@H](OC(=O)[C@@H](O)c1ccccc1)C(=O)OC1=CC[C@@]2(O)[C@@H]3CCC[C@@]24c2c(ccc(O)c2O[C@@H]14)C3. The van der Waals surface area contributed by atoms with Crippen LogP contribution in [0.2, 0.25) is 0 Å². The Morgan fingerprint density at radius 2 is 1.92 bits per heavy atom. The maximum Gasteiger partial charge on any atom is 0.352 e. The maximum atomic E-state index is 13.0. The van der Waals surface area contributed by atoms with Gasteiger partial charge in [0, 0.05) is 5.56 Å². The van der Waals surface area contributed by atoms with E-state index in [1.165, 1.54) is 6.92 Å². The van der Waals surface area contributed by atoms with E-state index >= 15 is 0 Å². The lowest BCUT2D eigenvalue weighted by Gasteiger charge is -2.59. The minimum atomic E-state index is -1.53. The molecule has 6 rings (SSSR count). The Morgan fingerprint density at radius 1 is 1.14 bits per heavy atom. The zero-order chi connectivity index (χ0) is 25.2. The maximum absolute atomic E-state index is 13.0. The van der Waals surface area contributed by atoms with Crippen molar-refractivity contribution in [3.05, 3.63) is 71.0 Å². The topological polar surface area (TPSA) is 123 Å². The largest absolute Gasteiger partial charge is 0.504 e. The van der Waals surface area contributed by atoms with E-state index in [0.29, 0.717) is 24.2 Å². The van der Waals surface area contributed by atoms with Crippen LogP contribution in [0.1, 0.15) is 55.4 Å². The molecule has 1 fully saturated rings. The molecule has 0 saturated heterocycles. The summed E-state index contributed by atoms with van der Waals surface area (Å²) in [5, 5.41) is 32.9. The fourth-order valence-electron chi connectivity index (χ4n) is 6.79.